The fraction of sp³-hybridized carbons (Fsp3) is 0.143. The molecule has 1 atom stereocenters. The maximum absolute atomic E-state index is 11.0. The van der Waals surface area contributed by atoms with Gasteiger partial charge in [0.25, 0.3) is 5.70 Å². The summed E-state index contributed by atoms with van der Waals surface area (Å²) in [5, 5.41) is 31.5. The van der Waals surface area contributed by atoms with Crippen LogP contribution < -0.4 is 0 Å². The van der Waals surface area contributed by atoms with Crippen molar-refractivity contribution in [1.29, 1.82) is 0 Å². The fourth-order valence-corrected chi connectivity index (χ4v) is 1.92. The number of allylic oxidation sites excluding steroid dienone is 3. The topological polar surface area (TPSA) is 107 Å². The molecule has 1 aromatic carbocycles. The van der Waals surface area contributed by atoms with Gasteiger partial charge < -0.3 is 5.11 Å². The van der Waals surface area contributed by atoms with Crippen LogP contribution in [0.15, 0.2) is 59.8 Å². The molecule has 1 aromatic rings. The van der Waals surface area contributed by atoms with Gasteiger partial charge in [0.05, 0.1) is 9.85 Å². The van der Waals surface area contributed by atoms with Gasteiger partial charge in [0.1, 0.15) is 6.42 Å². The fourth-order valence-electron chi connectivity index (χ4n) is 1.92. The molecule has 21 heavy (non-hydrogen) atoms. The number of hydrogen-bond acceptors (Lipinski definition) is 5. The second-order valence-corrected chi connectivity index (χ2v) is 4.55. The van der Waals surface area contributed by atoms with Gasteiger partial charge in [-0.15, -0.1) is 0 Å². The van der Waals surface area contributed by atoms with Gasteiger partial charge in [-0.05, 0) is 17.7 Å². The van der Waals surface area contributed by atoms with Gasteiger partial charge in [-0.1, -0.05) is 36.4 Å². The van der Waals surface area contributed by atoms with E-state index in [1.807, 2.05) is 30.3 Å². The van der Waals surface area contributed by atoms with E-state index in [1.54, 1.807) is 6.08 Å². The molecular formula is C14H12N2O5. The summed E-state index contributed by atoms with van der Waals surface area (Å²) in [5.41, 5.74) is -1.73. The van der Waals surface area contributed by atoms with E-state index in [0.717, 1.165) is 11.6 Å². The number of aliphatic hydroxyl groups is 1. The van der Waals surface area contributed by atoms with Crippen LogP contribution in [0.5, 0.6) is 0 Å². The molecule has 0 spiro atoms. The molecule has 0 aliphatic heterocycles. The summed E-state index contributed by atoms with van der Waals surface area (Å²) in [6, 6.07) is 9.14. The molecule has 0 saturated heterocycles. The number of hydrogen-bond donors (Lipinski definition) is 1. The van der Waals surface area contributed by atoms with E-state index in [9.17, 15) is 25.3 Å². The van der Waals surface area contributed by atoms with Crippen LogP contribution in [-0.4, -0.2) is 20.7 Å². The number of benzene rings is 1. The Balaban J connectivity index is 2.33. The van der Waals surface area contributed by atoms with Crippen LogP contribution in [0.2, 0.25) is 0 Å². The van der Waals surface area contributed by atoms with Crippen LogP contribution in [0, 0.1) is 20.2 Å². The molecule has 108 valence electrons. The second-order valence-electron chi connectivity index (χ2n) is 4.55. The predicted octanol–water partition coefficient (Wildman–Crippen LogP) is 2.16. The minimum absolute atomic E-state index is 0.232. The van der Waals surface area contributed by atoms with Gasteiger partial charge in [-0.3, -0.25) is 20.2 Å². The molecule has 0 radical (unpaired) electrons. The summed E-state index contributed by atoms with van der Waals surface area (Å²) in [4.78, 5) is 20.2. The first-order valence-electron chi connectivity index (χ1n) is 6.09. The number of nitrogens with zero attached hydrogens (tertiary/aromatic N) is 2. The van der Waals surface area contributed by atoms with Crippen molar-refractivity contribution in [2.24, 2.45) is 0 Å². The Labute approximate surface area is 119 Å². The van der Waals surface area contributed by atoms with Gasteiger partial charge in [0.15, 0.2) is 0 Å². The standard InChI is InChI=1S/C14H12N2O5/c17-14(16(20)21)9-8-12(13(10-14)15(18)19)7-6-11-4-2-1-3-5-11/h1-9,17H,10H2. The van der Waals surface area contributed by atoms with Crippen LogP contribution in [0.4, 0.5) is 0 Å². The lowest BCUT2D eigenvalue weighted by molar-refractivity contribution is -0.612. The lowest BCUT2D eigenvalue weighted by Crippen LogP contribution is -2.38. The Morgan fingerprint density at radius 2 is 1.81 bits per heavy atom. The largest absolute Gasteiger partial charge is 0.352 e. The Hall–Kier alpha value is -2.80. The van der Waals surface area contributed by atoms with Crippen molar-refractivity contribution in [2.45, 2.75) is 12.1 Å². The van der Waals surface area contributed by atoms with Crippen molar-refractivity contribution in [3.05, 3.63) is 85.6 Å². The SMILES string of the molecule is O=[N+]([O-])C1=C(C=Cc2ccccc2)C=CC(O)([N+](=O)[O-])C1. The summed E-state index contributed by atoms with van der Waals surface area (Å²) >= 11 is 0. The first-order chi connectivity index (χ1) is 9.92. The van der Waals surface area contributed by atoms with Crippen LogP contribution >= 0.6 is 0 Å². The molecule has 0 amide bonds. The summed E-state index contributed by atoms with van der Waals surface area (Å²) in [6.45, 7) is 0. The third-order valence-corrected chi connectivity index (χ3v) is 3.08. The number of rotatable bonds is 4. The van der Waals surface area contributed by atoms with Crippen molar-refractivity contribution >= 4 is 6.08 Å². The highest BCUT2D eigenvalue weighted by atomic mass is 16.7. The molecule has 7 nitrogen and oxygen atoms in total. The molecule has 0 heterocycles. The molecule has 1 aliphatic rings. The van der Waals surface area contributed by atoms with Crippen molar-refractivity contribution < 1.29 is 15.0 Å². The highest BCUT2D eigenvalue weighted by molar-refractivity contribution is 5.55. The molecular weight excluding hydrogens is 276 g/mol. The van der Waals surface area contributed by atoms with E-state index in [2.05, 4.69) is 0 Å². The first kappa shape index (κ1) is 14.6. The minimum Gasteiger partial charge on any atom is -0.327 e. The Morgan fingerprint density at radius 3 is 2.38 bits per heavy atom. The summed E-state index contributed by atoms with van der Waals surface area (Å²) in [6.07, 6.45) is 4.66. The van der Waals surface area contributed by atoms with Gasteiger partial charge in [0, 0.05) is 11.6 Å². The van der Waals surface area contributed by atoms with E-state index in [1.165, 1.54) is 12.2 Å². The quantitative estimate of drug-likeness (QED) is 0.519. The van der Waals surface area contributed by atoms with E-state index in [0.29, 0.717) is 0 Å². The van der Waals surface area contributed by atoms with Crippen LogP contribution in [0.1, 0.15) is 12.0 Å². The second kappa shape index (κ2) is 5.68. The zero-order chi connectivity index (χ0) is 15.5. The molecule has 0 fully saturated rings. The van der Waals surface area contributed by atoms with E-state index < -0.39 is 22.0 Å². The summed E-state index contributed by atoms with van der Waals surface area (Å²) in [7, 11) is 0. The molecule has 7 heteroatoms. The van der Waals surface area contributed by atoms with Crippen molar-refractivity contribution in [1.82, 2.24) is 0 Å². The minimum atomic E-state index is -2.42. The summed E-state index contributed by atoms with van der Waals surface area (Å²) in [5.74, 6) is 0. The average molecular weight is 288 g/mol. The zero-order valence-corrected chi connectivity index (χ0v) is 10.9. The highest BCUT2D eigenvalue weighted by Crippen LogP contribution is 2.29. The average Bonchev–Trinajstić information content (AvgIpc) is 2.46. The Kier molecular flexibility index (Phi) is 3.95. The lowest BCUT2D eigenvalue weighted by atomic mass is 9.96. The Bertz CT molecular complexity index is 663. The molecule has 0 saturated carbocycles. The van der Waals surface area contributed by atoms with E-state index in [-0.39, 0.29) is 11.3 Å². The molecule has 0 aromatic heterocycles. The van der Waals surface area contributed by atoms with Crippen molar-refractivity contribution in [3.63, 3.8) is 0 Å². The van der Waals surface area contributed by atoms with Gasteiger partial charge in [0.2, 0.25) is 0 Å². The van der Waals surface area contributed by atoms with E-state index >= 15 is 0 Å². The maximum atomic E-state index is 11.0. The van der Waals surface area contributed by atoms with Crippen LogP contribution in [0.25, 0.3) is 6.08 Å². The van der Waals surface area contributed by atoms with Crippen LogP contribution in [-0.2, 0) is 0 Å². The van der Waals surface area contributed by atoms with Gasteiger partial charge in [-0.2, -0.15) is 0 Å². The molecule has 1 aliphatic carbocycles. The monoisotopic (exact) mass is 288 g/mol. The third kappa shape index (κ3) is 3.21. The molecule has 2 rings (SSSR count). The maximum Gasteiger partial charge on any atom is 0.352 e. The summed E-state index contributed by atoms with van der Waals surface area (Å²) < 4.78 is 0. The molecule has 1 N–H and O–H groups in total. The normalized spacial score (nSPS) is 21.8. The van der Waals surface area contributed by atoms with Crippen molar-refractivity contribution in [3.8, 4) is 0 Å². The molecule has 0 bridgehead atoms. The smallest absolute Gasteiger partial charge is 0.327 e. The predicted molar refractivity (Wildman–Crippen MR) is 75.2 cm³/mol. The van der Waals surface area contributed by atoms with Crippen molar-refractivity contribution in [2.75, 3.05) is 0 Å². The van der Waals surface area contributed by atoms with Crippen LogP contribution in [0.3, 0.4) is 0 Å². The van der Waals surface area contributed by atoms with Gasteiger partial charge >= 0.3 is 5.72 Å². The first-order valence-corrected chi connectivity index (χ1v) is 6.09. The zero-order valence-electron chi connectivity index (χ0n) is 10.9. The highest BCUT2D eigenvalue weighted by Gasteiger charge is 2.45. The lowest BCUT2D eigenvalue weighted by Gasteiger charge is -2.17. The van der Waals surface area contributed by atoms with E-state index in [4.69, 9.17) is 0 Å². The van der Waals surface area contributed by atoms with Gasteiger partial charge in [-0.25, -0.2) is 0 Å². The Morgan fingerprint density at radius 1 is 1.14 bits per heavy atom. The third-order valence-electron chi connectivity index (χ3n) is 3.08. The number of nitro groups is 2. The molecule has 1 unspecified atom stereocenters.